The fourth-order valence-electron chi connectivity index (χ4n) is 16.8. The van der Waals surface area contributed by atoms with Gasteiger partial charge in [0.1, 0.15) is 90.3 Å². The van der Waals surface area contributed by atoms with E-state index in [0.717, 1.165) is 31.6 Å². The first-order valence-electron chi connectivity index (χ1n) is 46.0. The van der Waals surface area contributed by atoms with Crippen LogP contribution in [0.25, 0.3) is 21.0 Å². The molecule has 0 saturated carbocycles. The molecular weight excluding hydrogens is 1800 g/mol. The number of nitrogens with one attached hydrogen (secondary N) is 14. The summed E-state index contributed by atoms with van der Waals surface area (Å²) in [5, 5.41) is 62.0. The molecule has 0 bridgehead atoms. The lowest BCUT2D eigenvalue weighted by Crippen LogP contribution is -2.61. The number of aliphatic hydroxyl groups is 1. The predicted octanol–water partition coefficient (Wildman–Crippen LogP) is -0.632. The fourth-order valence-corrected chi connectivity index (χ4v) is 18.7. The number of aromatic nitrogens is 3. The molecule has 6 aromatic rings. The van der Waals surface area contributed by atoms with Crippen LogP contribution in [-0.4, -0.2) is 306 Å². The summed E-state index contributed by atoms with van der Waals surface area (Å²) in [4.78, 5) is 267. The highest BCUT2D eigenvalue weighted by Gasteiger charge is 2.46. The molecule has 42 nitrogen and oxygen atoms in total. The van der Waals surface area contributed by atoms with Crippen LogP contribution in [0.3, 0.4) is 0 Å². The maximum atomic E-state index is 15.8. The molecule has 738 valence electrons. The predicted molar refractivity (Wildman–Crippen MR) is 507 cm³/mol. The van der Waals surface area contributed by atoms with Gasteiger partial charge in [-0.2, -0.15) is 0 Å². The van der Waals surface area contributed by atoms with Crippen molar-refractivity contribution in [3.05, 3.63) is 119 Å². The van der Waals surface area contributed by atoms with Gasteiger partial charge < -0.3 is 120 Å². The van der Waals surface area contributed by atoms with E-state index in [2.05, 4.69) is 73.4 Å². The molecular formula is C92H129N23O19S2. The molecule has 14 atom stereocenters. The Labute approximate surface area is 796 Å². The van der Waals surface area contributed by atoms with Gasteiger partial charge in [-0.15, -0.1) is 23.1 Å². The Bertz CT molecular complexity index is 5210. The molecule has 0 radical (unpaired) electrons. The second kappa shape index (κ2) is 52.0. The van der Waals surface area contributed by atoms with E-state index in [-0.39, 0.29) is 109 Å². The van der Waals surface area contributed by atoms with Crippen LogP contribution in [0.5, 0.6) is 5.75 Å². The van der Waals surface area contributed by atoms with Crippen molar-refractivity contribution in [2.45, 2.75) is 247 Å². The molecule has 3 aliphatic rings. The molecule has 3 aromatic heterocycles. The lowest BCUT2D eigenvalue weighted by atomic mass is 10.00. The van der Waals surface area contributed by atoms with Crippen LogP contribution in [0, 0.1) is 5.41 Å². The number of hydrogen-bond acceptors (Lipinski definition) is 23. The zero-order chi connectivity index (χ0) is 99.0. The van der Waals surface area contributed by atoms with Gasteiger partial charge >= 0.3 is 0 Å². The van der Waals surface area contributed by atoms with Crippen LogP contribution in [0.2, 0.25) is 0 Å². The van der Waals surface area contributed by atoms with E-state index >= 15 is 38.4 Å². The molecule has 0 spiro atoms. The molecule has 3 saturated heterocycles. The number of benzene rings is 3. The smallest absolute Gasteiger partial charge is 0.246 e. The Balaban J connectivity index is 1.10. The average Bonchev–Trinajstić information content (AvgIpc) is 1.47. The summed E-state index contributed by atoms with van der Waals surface area (Å²) >= 11 is 2.13. The highest BCUT2D eigenvalue weighted by atomic mass is 32.2. The number of hydrogen-bond donors (Lipinski definition) is 19. The minimum Gasteiger partial charge on any atom is -0.508 e. The molecule has 17 amide bonds. The van der Waals surface area contributed by atoms with Gasteiger partial charge in [-0.3, -0.25) is 86.9 Å². The maximum absolute atomic E-state index is 15.8. The summed E-state index contributed by atoms with van der Waals surface area (Å²) in [5.41, 5.74) is 19.4. The summed E-state index contributed by atoms with van der Waals surface area (Å²) in [6.45, 7) is 5.04. The molecule has 3 aromatic carbocycles. The number of unbranched alkanes of at least 4 members (excludes halogenated alkanes) is 4. The monoisotopic (exact) mass is 1920 g/mol. The van der Waals surface area contributed by atoms with Gasteiger partial charge in [-0.25, -0.2) is 4.98 Å². The van der Waals surface area contributed by atoms with E-state index in [4.69, 9.17) is 22.6 Å². The van der Waals surface area contributed by atoms with Crippen molar-refractivity contribution >= 4 is 150 Å². The van der Waals surface area contributed by atoms with Crippen LogP contribution in [0.1, 0.15) is 159 Å². The maximum Gasteiger partial charge on any atom is 0.246 e. The molecule has 136 heavy (non-hydrogen) atoms. The topological polar surface area (TPSA) is 626 Å². The van der Waals surface area contributed by atoms with E-state index in [0.29, 0.717) is 78.2 Å². The number of guanidine groups is 1. The Kier molecular flexibility index (Phi) is 40.7. The number of thioether (sulfide) groups is 1. The number of nitrogens with two attached hydrogens (primary N) is 3. The van der Waals surface area contributed by atoms with Crippen molar-refractivity contribution < 1.29 is 91.7 Å². The highest BCUT2D eigenvalue weighted by Crippen LogP contribution is 2.30. The highest BCUT2D eigenvalue weighted by molar-refractivity contribution is 8.00. The minimum atomic E-state index is -1.84. The Morgan fingerprint density at radius 3 is 1.68 bits per heavy atom. The number of nitrogens with zero attached hydrogens (tertiary/aromatic N) is 6. The number of phenolic OH excluding ortho intramolecular Hbond substituents is 1. The number of fused-ring (bicyclic) bond motifs is 4. The lowest BCUT2D eigenvalue weighted by Gasteiger charge is -2.36. The molecule has 22 N–H and O–H groups in total. The molecule has 3 fully saturated rings. The van der Waals surface area contributed by atoms with Crippen molar-refractivity contribution in [1.29, 1.82) is 5.41 Å². The summed E-state index contributed by atoms with van der Waals surface area (Å²) in [5.74, 6) is -16.9. The van der Waals surface area contributed by atoms with Crippen molar-refractivity contribution in [3.63, 3.8) is 0 Å². The van der Waals surface area contributed by atoms with E-state index in [1.54, 1.807) is 41.9 Å². The number of likely N-dealkylation sites (N-methyl/N-ethyl adjacent to an activating group) is 3. The van der Waals surface area contributed by atoms with Crippen molar-refractivity contribution in [2.24, 2.45) is 17.2 Å². The molecule has 6 heterocycles. The molecule has 3 aliphatic heterocycles. The zero-order valence-electron chi connectivity index (χ0n) is 77.7. The Morgan fingerprint density at radius 1 is 0.515 bits per heavy atom. The van der Waals surface area contributed by atoms with Crippen LogP contribution in [0.15, 0.2) is 96.9 Å². The minimum absolute atomic E-state index is 0.00598. The van der Waals surface area contributed by atoms with E-state index in [1.807, 2.05) is 39.0 Å². The molecule has 9 rings (SSSR count). The number of imidazole rings is 1. The first-order chi connectivity index (χ1) is 65.0. The van der Waals surface area contributed by atoms with E-state index in [1.165, 1.54) is 90.9 Å². The number of aromatic hydroxyl groups is 1. The number of aromatic amines is 2. The first kappa shape index (κ1) is 106. The van der Waals surface area contributed by atoms with Crippen molar-refractivity contribution in [1.82, 2.24) is 97.9 Å². The SMILES string of the molecule is CCCCC[C@@H]1NC(=O)[C@H](Cc2cnc[nH]2)NC(=O)[C@@H]2CCCN2C(=O)[C@H](CC(N)=O)NC(=O)[C@H](C)N(C)C(=O)[C@H](Cc2ccc(O)cc2)NC(=O)CSC[C@@H](C(=O)NCC(N)=O)NC(=O)[C@H](CCCNC(=N)N)NC(=O)[C@H](CCCC)N(C)C(=O)[C@H](CCCC)N(C)C(=O)[C@H](Cc2csc3ccccc23)NC(=O)[C@H](CO)NC(=O)[C@H](Cc2c[nH]c3ccccc23)NC(=O)[C@@H]2CCCN2C1=O. The number of rotatable bonds is 28. The van der Waals surface area contributed by atoms with Crippen LogP contribution >= 0.6 is 23.1 Å². The quantitative estimate of drug-likeness (QED) is 0.0165. The van der Waals surface area contributed by atoms with Gasteiger partial charge in [-0.05, 0) is 116 Å². The number of H-pyrrole nitrogens is 2. The largest absolute Gasteiger partial charge is 0.508 e. The summed E-state index contributed by atoms with van der Waals surface area (Å²) in [7, 11) is 3.96. The van der Waals surface area contributed by atoms with Crippen molar-refractivity contribution in [3.8, 4) is 5.75 Å². The third-order valence-corrected chi connectivity index (χ3v) is 26.6. The first-order valence-corrected chi connectivity index (χ1v) is 48.1. The third kappa shape index (κ3) is 29.9. The van der Waals surface area contributed by atoms with Crippen molar-refractivity contribution in [2.75, 3.05) is 65.4 Å². The molecule has 0 unspecified atom stereocenters. The van der Waals surface area contributed by atoms with E-state index in [9.17, 15) is 53.4 Å². The normalized spacial score (nSPS) is 24.1. The van der Waals surface area contributed by atoms with Gasteiger partial charge in [0.25, 0.3) is 0 Å². The number of para-hydroxylation sites is 1. The molecule has 0 aliphatic carbocycles. The average molecular weight is 1930 g/mol. The third-order valence-electron chi connectivity index (χ3n) is 24.6. The number of primary amides is 2. The van der Waals surface area contributed by atoms with E-state index < -0.39 is 222 Å². The van der Waals surface area contributed by atoms with Crippen LogP contribution in [-0.2, 0) is 107 Å². The number of carbonyl (C=O) groups excluding carboxylic acids is 17. The van der Waals surface area contributed by atoms with Gasteiger partial charge in [0, 0.05) is 106 Å². The van der Waals surface area contributed by atoms with Crippen LogP contribution < -0.4 is 75.7 Å². The second-order valence-electron chi connectivity index (χ2n) is 34.5. The summed E-state index contributed by atoms with van der Waals surface area (Å²) in [6, 6.07) is -1.01. The number of carbonyl (C=O) groups is 17. The Hall–Kier alpha value is -13.3. The number of aliphatic hydroxyl groups excluding tert-OH is 1. The fraction of sp³-hybridized carbons (Fsp3) is 0.533. The number of thiophene rings is 1. The standard InChI is InChI=1S/C92H129N23O19S2/c1-8-11-14-25-62-89(132)114-37-20-29-71(114)85(128)105-63(40-54-44-99-60-24-17-15-22-58(54)60)81(124)109-68(47-116)83(126)108-66(41-55-48-136-74-31-18-16-23-59(55)74)88(131)113(7)73(28-13-10-3)91(134)112(6)70(27-12-9-2)84(127)103-61(26-19-36-98-92(95)96)80(123)110-69(79(122)100-46-76(94)119)49-135-50-77(120)102-65(39-53-32-34-57(117)35-33-53)87(130)111(5)52(4)78(121)107-67(43-75(93)118)90(133)115-38-21-30-72(115)86(129)106-64(82(125)104-62)42-56-45-97-51-101-56/h15-18,22-24,31-35,44-45,48,51-52,61-73,99,116-117H,8-14,19-21,25-30,36-43,46-47,49-50H2,1-7H3,(H2,93,118)(H2,94,119)(H,97,101)(H,100,122)(H,102,120)(H,103,127)(H,104,125)(H,105,128)(H,106,129)(H,107,121)(H,108,126)(H,109,124)(H,110,123)(H4,95,96,98)/t52-,61-,62-,63-,64-,65-,66-,67-,68-,69-,70-,71-,72-,73-/m0/s1. The van der Waals surface area contributed by atoms with Gasteiger partial charge in [0.05, 0.1) is 31.7 Å². The zero-order valence-corrected chi connectivity index (χ0v) is 79.3. The van der Waals surface area contributed by atoms with Gasteiger partial charge in [0.2, 0.25) is 100 Å². The van der Waals surface area contributed by atoms with Crippen LogP contribution in [0.4, 0.5) is 0 Å². The molecule has 44 heteroatoms. The Morgan fingerprint density at radius 2 is 1.06 bits per heavy atom. The van der Waals surface area contributed by atoms with Gasteiger partial charge in [0.15, 0.2) is 5.96 Å². The number of phenols is 1. The second-order valence-corrected chi connectivity index (χ2v) is 36.5. The summed E-state index contributed by atoms with van der Waals surface area (Å²) < 4.78 is 0.827. The van der Waals surface area contributed by atoms with Gasteiger partial charge in [-0.1, -0.05) is 114 Å². The number of amides is 17. The lowest BCUT2D eigenvalue weighted by molar-refractivity contribution is -0.149. The summed E-state index contributed by atoms with van der Waals surface area (Å²) in [6.07, 6.45) is 6.45.